The first-order chi connectivity index (χ1) is 9.70. The Kier molecular flexibility index (Phi) is 3.62. The Morgan fingerprint density at radius 1 is 1.30 bits per heavy atom. The number of anilines is 1. The lowest BCUT2D eigenvalue weighted by atomic mass is 10.0. The second-order valence-corrected chi connectivity index (χ2v) is 5.90. The molecule has 1 aliphatic rings. The highest BCUT2D eigenvalue weighted by Crippen LogP contribution is 2.34. The van der Waals surface area contributed by atoms with Crippen molar-refractivity contribution in [3.8, 4) is 0 Å². The molecule has 3 heteroatoms. The second kappa shape index (κ2) is 5.41. The third-order valence-corrected chi connectivity index (χ3v) is 4.62. The molecule has 2 aromatic rings. The van der Waals surface area contributed by atoms with Gasteiger partial charge in [-0.2, -0.15) is 0 Å². The second-order valence-electron chi connectivity index (χ2n) is 5.90. The molecule has 106 valence electrons. The summed E-state index contributed by atoms with van der Waals surface area (Å²) in [6.07, 6.45) is 3.79. The molecule has 1 aliphatic carbocycles. The van der Waals surface area contributed by atoms with Gasteiger partial charge in [0.25, 0.3) is 0 Å². The fourth-order valence-electron chi connectivity index (χ4n) is 3.56. The minimum absolute atomic E-state index is 0.560. The maximum absolute atomic E-state index is 5.94. The van der Waals surface area contributed by atoms with Gasteiger partial charge >= 0.3 is 0 Å². The van der Waals surface area contributed by atoms with Gasteiger partial charge in [-0.1, -0.05) is 24.6 Å². The Labute approximate surface area is 120 Å². The van der Waals surface area contributed by atoms with Crippen molar-refractivity contribution < 1.29 is 0 Å². The van der Waals surface area contributed by atoms with Crippen molar-refractivity contribution in [2.75, 3.05) is 18.5 Å². The number of aromatic nitrogens is 1. The van der Waals surface area contributed by atoms with E-state index in [1.165, 1.54) is 30.3 Å². The highest BCUT2D eigenvalue weighted by molar-refractivity contribution is 5.92. The third kappa shape index (κ3) is 2.27. The molecule has 0 radical (unpaired) electrons. The monoisotopic (exact) mass is 269 g/mol. The van der Waals surface area contributed by atoms with Gasteiger partial charge in [0.1, 0.15) is 0 Å². The summed E-state index contributed by atoms with van der Waals surface area (Å²) >= 11 is 0. The van der Waals surface area contributed by atoms with Crippen molar-refractivity contribution in [2.45, 2.75) is 32.2 Å². The fraction of sp³-hybridized carbons (Fsp3) is 0.471. The SMILES string of the molecule is Cc1cc(N(C)C2CCCC2CN)c2ccccc2n1. The lowest BCUT2D eigenvalue weighted by Crippen LogP contribution is -2.37. The first kappa shape index (κ1) is 13.4. The molecule has 3 rings (SSSR count). The smallest absolute Gasteiger partial charge is 0.0726 e. The number of hydrogen-bond acceptors (Lipinski definition) is 3. The average Bonchev–Trinajstić information content (AvgIpc) is 2.94. The first-order valence-electron chi connectivity index (χ1n) is 7.50. The van der Waals surface area contributed by atoms with Crippen molar-refractivity contribution in [3.05, 3.63) is 36.0 Å². The van der Waals surface area contributed by atoms with Gasteiger partial charge < -0.3 is 10.6 Å². The van der Waals surface area contributed by atoms with Gasteiger partial charge in [0, 0.05) is 29.9 Å². The van der Waals surface area contributed by atoms with E-state index in [1.54, 1.807) is 0 Å². The summed E-state index contributed by atoms with van der Waals surface area (Å²) in [5, 5.41) is 1.24. The van der Waals surface area contributed by atoms with E-state index < -0.39 is 0 Å². The summed E-state index contributed by atoms with van der Waals surface area (Å²) in [7, 11) is 2.21. The number of pyridine rings is 1. The molecule has 1 aromatic carbocycles. The number of aryl methyl sites for hydroxylation is 1. The quantitative estimate of drug-likeness (QED) is 0.931. The Bertz CT molecular complexity index is 608. The molecule has 1 fully saturated rings. The molecule has 0 aliphatic heterocycles. The van der Waals surface area contributed by atoms with Crippen LogP contribution in [0.1, 0.15) is 25.0 Å². The summed E-state index contributed by atoms with van der Waals surface area (Å²) < 4.78 is 0. The van der Waals surface area contributed by atoms with Crippen LogP contribution in [0.3, 0.4) is 0 Å². The molecule has 2 unspecified atom stereocenters. The van der Waals surface area contributed by atoms with Crippen molar-refractivity contribution in [1.82, 2.24) is 4.98 Å². The molecule has 1 aromatic heterocycles. The van der Waals surface area contributed by atoms with Crippen LogP contribution in [0.2, 0.25) is 0 Å². The summed E-state index contributed by atoms with van der Waals surface area (Å²) in [5.74, 6) is 0.618. The molecule has 2 N–H and O–H groups in total. The Balaban J connectivity index is 2.04. The van der Waals surface area contributed by atoms with Gasteiger partial charge in [-0.25, -0.2) is 0 Å². The predicted molar refractivity (Wildman–Crippen MR) is 85.1 cm³/mol. The fourth-order valence-corrected chi connectivity index (χ4v) is 3.56. The molecule has 0 saturated heterocycles. The largest absolute Gasteiger partial charge is 0.371 e. The van der Waals surface area contributed by atoms with E-state index in [4.69, 9.17) is 5.73 Å². The summed E-state index contributed by atoms with van der Waals surface area (Å²) in [5.41, 5.74) is 9.39. The van der Waals surface area contributed by atoms with E-state index >= 15 is 0 Å². The van der Waals surface area contributed by atoms with Crippen LogP contribution in [0.15, 0.2) is 30.3 Å². The standard InChI is InChI=1S/C17H23N3/c1-12-10-17(14-7-3-4-8-15(14)19-12)20(2)16-9-5-6-13(16)11-18/h3-4,7-8,10,13,16H,5-6,9,11,18H2,1-2H3. The molecule has 2 atom stereocenters. The highest BCUT2D eigenvalue weighted by Gasteiger charge is 2.30. The van der Waals surface area contributed by atoms with Crippen LogP contribution in [0.25, 0.3) is 10.9 Å². The Hall–Kier alpha value is -1.61. The van der Waals surface area contributed by atoms with Crippen molar-refractivity contribution in [1.29, 1.82) is 0 Å². The minimum Gasteiger partial charge on any atom is -0.371 e. The number of benzene rings is 1. The maximum atomic E-state index is 5.94. The van der Waals surface area contributed by atoms with E-state index in [2.05, 4.69) is 54.2 Å². The van der Waals surface area contributed by atoms with E-state index in [0.717, 1.165) is 17.8 Å². The minimum atomic E-state index is 0.560. The number of nitrogens with two attached hydrogens (primary N) is 1. The average molecular weight is 269 g/mol. The van der Waals surface area contributed by atoms with Crippen LogP contribution in [-0.4, -0.2) is 24.6 Å². The van der Waals surface area contributed by atoms with Gasteiger partial charge in [-0.05, 0) is 44.4 Å². The summed E-state index contributed by atoms with van der Waals surface area (Å²) in [4.78, 5) is 7.07. The number of hydrogen-bond donors (Lipinski definition) is 1. The van der Waals surface area contributed by atoms with Crippen LogP contribution in [0, 0.1) is 12.8 Å². The van der Waals surface area contributed by atoms with E-state index in [0.29, 0.717) is 12.0 Å². The lowest BCUT2D eigenvalue weighted by Gasteiger charge is -2.32. The first-order valence-corrected chi connectivity index (χ1v) is 7.50. The molecule has 0 bridgehead atoms. The maximum Gasteiger partial charge on any atom is 0.0726 e. The van der Waals surface area contributed by atoms with Gasteiger partial charge in [0.15, 0.2) is 0 Å². The van der Waals surface area contributed by atoms with Crippen LogP contribution in [0.4, 0.5) is 5.69 Å². The van der Waals surface area contributed by atoms with Crippen LogP contribution in [0.5, 0.6) is 0 Å². The third-order valence-electron chi connectivity index (χ3n) is 4.62. The molecule has 0 amide bonds. The number of rotatable bonds is 3. The van der Waals surface area contributed by atoms with Gasteiger partial charge in [-0.3, -0.25) is 4.98 Å². The zero-order chi connectivity index (χ0) is 14.1. The van der Waals surface area contributed by atoms with Crippen LogP contribution < -0.4 is 10.6 Å². The zero-order valence-electron chi connectivity index (χ0n) is 12.3. The Morgan fingerprint density at radius 2 is 2.10 bits per heavy atom. The molecule has 1 heterocycles. The zero-order valence-corrected chi connectivity index (χ0v) is 12.3. The topological polar surface area (TPSA) is 42.1 Å². The molecule has 0 spiro atoms. The van der Waals surface area contributed by atoms with E-state index in [-0.39, 0.29) is 0 Å². The summed E-state index contributed by atoms with van der Waals surface area (Å²) in [6.45, 7) is 2.86. The highest BCUT2D eigenvalue weighted by atomic mass is 15.1. The van der Waals surface area contributed by atoms with E-state index in [9.17, 15) is 0 Å². The molecular formula is C17H23N3. The molecular weight excluding hydrogens is 246 g/mol. The van der Waals surface area contributed by atoms with Crippen molar-refractivity contribution in [3.63, 3.8) is 0 Å². The van der Waals surface area contributed by atoms with Gasteiger partial charge in [0.2, 0.25) is 0 Å². The Morgan fingerprint density at radius 3 is 2.90 bits per heavy atom. The van der Waals surface area contributed by atoms with Crippen molar-refractivity contribution >= 4 is 16.6 Å². The number of fused-ring (bicyclic) bond motifs is 1. The van der Waals surface area contributed by atoms with E-state index in [1.807, 2.05) is 0 Å². The van der Waals surface area contributed by atoms with Gasteiger partial charge in [-0.15, -0.1) is 0 Å². The van der Waals surface area contributed by atoms with Crippen molar-refractivity contribution in [2.24, 2.45) is 11.7 Å². The lowest BCUT2D eigenvalue weighted by molar-refractivity contribution is 0.475. The van der Waals surface area contributed by atoms with Gasteiger partial charge in [0.05, 0.1) is 5.52 Å². The molecule has 20 heavy (non-hydrogen) atoms. The number of para-hydroxylation sites is 1. The normalized spacial score (nSPS) is 22.4. The molecule has 3 nitrogen and oxygen atoms in total. The summed E-state index contributed by atoms with van der Waals surface area (Å²) in [6, 6.07) is 11.2. The predicted octanol–water partition coefficient (Wildman–Crippen LogP) is 3.11. The van der Waals surface area contributed by atoms with Crippen LogP contribution in [-0.2, 0) is 0 Å². The molecule has 1 saturated carbocycles. The number of nitrogens with zero attached hydrogens (tertiary/aromatic N) is 2. The van der Waals surface area contributed by atoms with Crippen LogP contribution >= 0.6 is 0 Å².